The quantitative estimate of drug-likeness (QED) is 0.881. The molecule has 0 aliphatic heterocycles. The number of rotatable bonds is 2. The van der Waals surface area contributed by atoms with E-state index >= 15 is 0 Å². The number of nitrogens with zero attached hydrogens (tertiary/aromatic N) is 2. The van der Waals surface area contributed by atoms with Crippen LogP contribution in [0.4, 0.5) is 0 Å². The maximum Gasteiger partial charge on any atom is 0.0841 e. The predicted molar refractivity (Wildman–Crippen MR) is 75.5 cm³/mol. The highest BCUT2D eigenvalue weighted by molar-refractivity contribution is 5.73. The van der Waals surface area contributed by atoms with Gasteiger partial charge in [-0.1, -0.05) is 12.1 Å². The average molecular weight is 243 g/mol. The van der Waals surface area contributed by atoms with Crippen LogP contribution in [0.1, 0.15) is 28.1 Å². The van der Waals surface area contributed by atoms with Crippen molar-refractivity contribution < 1.29 is 0 Å². The molecular weight excluding hydrogens is 222 g/mol. The molecule has 1 heterocycles. The third-order valence-electron chi connectivity index (χ3n) is 3.71. The molecule has 1 aromatic heterocycles. The van der Waals surface area contributed by atoms with Gasteiger partial charge in [-0.2, -0.15) is 5.10 Å². The normalized spacial score (nSPS) is 11.0. The second-order valence-electron chi connectivity index (χ2n) is 4.99. The Labute approximate surface area is 109 Å². The van der Waals surface area contributed by atoms with E-state index in [0.29, 0.717) is 6.54 Å². The van der Waals surface area contributed by atoms with Crippen molar-refractivity contribution in [3.8, 4) is 11.1 Å². The Bertz CT molecular complexity index is 594. The molecule has 2 rings (SSSR count). The van der Waals surface area contributed by atoms with Gasteiger partial charge in [0.1, 0.15) is 0 Å². The summed E-state index contributed by atoms with van der Waals surface area (Å²) in [5.41, 5.74) is 14.3. The maximum absolute atomic E-state index is 5.81. The standard InChI is InChI=1S/C15H21N3/c1-9-6-11(3)13(7-10(9)2)15-12(4)18(5)17-14(15)8-16/h6-7H,8,16H2,1-5H3. The van der Waals surface area contributed by atoms with Crippen molar-refractivity contribution >= 4 is 0 Å². The third-order valence-corrected chi connectivity index (χ3v) is 3.71. The highest BCUT2D eigenvalue weighted by Gasteiger charge is 2.16. The van der Waals surface area contributed by atoms with Crippen LogP contribution < -0.4 is 5.73 Å². The van der Waals surface area contributed by atoms with Crippen LogP contribution in [0.25, 0.3) is 11.1 Å². The van der Waals surface area contributed by atoms with Gasteiger partial charge in [0.25, 0.3) is 0 Å². The first-order valence-corrected chi connectivity index (χ1v) is 6.26. The van der Waals surface area contributed by atoms with E-state index < -0.39 is 0 Å². The Morgan fingerprint density at radius 3 is 2.28 bits per heavy atom. The molecule has 0 spiro atoms. The second-order valence-corrected chi connectivity index (χ2v) is 4.99. The van der Waals surface area contributed by atoms with Crippen molar-refractivity contribution in [1.29, 1.82) is 0 Å². The molecule has 0 amide bonds. The number of benzene rings is 1. The van der Waals surface area contributed by atoms with Gasteiger partial charge in [0.05, 0.1) is 5.69 Å². The third kappa shape index (κ3) is 1.95. The SMILES string of the molecule is Cc1cc(C)c(-c2c(CN)nn(C)c2C)cc1C. The van der Waals surface area contributed by atoms with E-state index in [1.165, 1.54) is 33.5 Å². The van der Waals surface area contributed by atoms with Crippen molar-refractivity contribution in [2.24, 2.45) is 12.8 Å². The van der Waals surface area contributed by atoms with Crippen LogP contribution in [0.15, 0.2) is 12.1 Å². The van der Waals surface area contributed by atoms with Gasteiger partial charge in [-0.25, -0.2) is 0 Å². The van der Waals surface area contributed by atoms with Crippen LogP contribution in [-0.4, -0.2) is 9.78 Å². The molecule has 2 aromatic rings. The maximum atomic E-state index is 5.81. The molecule has 96 valence electrons. The van der Waals surface area contributed by atoms with Crippen LogP contribution in [0, 0.1) is 27.7 Å². The largest absolute Gasteiger partial charge is 0.325 e. The summed E-state index contributed by atoms with van der Waals surface area (Å²) in [4.78, 5) is 0. The topological polar surface area (TPSA) is 43.8 Å². The molecule has 0 atom stereocenters. The van der Waals surface area contributed by atoms with Crippen molar-refractivity contribution in [3.05, 3.63) is 40.2 Å². The van der Waals surface area contributed by atoms with Gasteiger partial charge in [-0.3, -0.25) is 4.68 Å². The monoisotopic (exact) mass is 243 g/mol. The Hall–Kier alpha value is -1.61. The van der Waals surface area contributed by atoms with E-state index in [9.17, 15) is 0 Å². The number of aryl methyl sites for hydroxylation is 4. The van der Waals surface area contributed by atoms with E-state index in [4.69, 9.17) is 5.73 Å². The van der Waals surface area contributed by atoms with E-state index in [2.05, 4.69) is 44.9 Å². The van der Waals surface area contributed by atoms with Crippen LogP contribution in [0.5, 0.6) is 0 Å². The summed E-state index contributed by atoms with van der Waals surface area (Å²) in [5, 5.41) is 4.49. The molecular formula is C15H21N3. The number of nitrogens with two attached hydrogens (primary N) is 1. The lowest BCUT2D eigenvalue weighted by Crippen LogP contribution is -2.00. The Morgan fingerprint density at radius 2 is 1.67 bits per heavy atom. The first-order chi connectivity index (χ1) is 8.45. The van der Waals surface area contributed by atoms with Crippen LogP contribution in [-0.2, 0) is 13.6 Å². The van der Waals surface area contributed by atoms with Crippen LogP contribution in [0.3, 0.4) is 0 Å². The molecule has 0 aliphatic rings. The molecule has 0 aliphatic carbocycles. The highest BCUT2D eigenvalue weighted by atomic mass is 15.3. The van der Waals surface area contributed by atoms with Crippen molar-refractivity contribution in [1.82, 2.24) is 9.78 Å². The van der Waals surface area contributed by atoms with Crippen molar-refractivity contribution in [2.45, 2.75) is 34.2 Å². The minimum absolute atomic E-state index is 0.476. The molecule has 0 fully saturated rings. The summed E-state index contributed by atoms with van der Waals surface area (Å²) < 4.78 is 1.91. The smallest absolute Gasteiger partial charge is 0.0841 e. The minimum Gasteiger partial charge on any atom is -0.325 e. The molecule has 3 nitrogen and oxygen atoms in total. The number of aromatic nitrogens is 2. The van der Waals surface area contributed by atoms with Crippen molar-refractivity contribution in [3.63, 3.8) is 0 Å². The number of hydrogen-bond acceptors (Lipinski definition) is 2. The van der Waals surface area contributed by atoms with Crippen molar-refractivity contribution in [2.75, 3.05) is 0 Å². The zero-order valence-electron chi connectivity index (χ0n) is 11.8. The summed E-state index contributed by atoms with van der Waals surface area (Å²) in [6, 6.07) is 4.48. The Balaban J connectivity index is 2.72. The fraction of sp³-hybridized carbons (Fsp3) is 0.400. The first-order valence-electron chi connectivity index (χ1n) is 6.26. The van der Waals surface area contributed by atoms with E-state index in [0.717, 1.165) is 5.69 Å². The lowest BCUT2D eigenvalue weighted by molar-refractivity contribution is 0.721. The van der Waals surface area contributed by atoms with E-state index in [-0.39, 0.29) is 0 Å². The molecule has 18 heavy (non-hydrogen) atoms. The van der Waals surface area contributed by atoms with Gasteiger partial charge in [-0.05, 0) is 49.9 Å². The molecule has 0 saturated heterocycles. The summed E-state index contributed by atoms with van der Waals surface area (Å²) in [6.07, 6.45) is 0. The van der Waals surface area contributed by atoms with E-state index in [1.807, 2.05) is 11.7 Å². The molecule has 0 saturated carbocycles. The zero-order chi connectivity index (χ0) is 13.4. The average Bonchev–Trinajstić information content (AvgIpc) is 2.60. The van der Waals surface area contributed by atoms with Gasteiger partial charge >= 0.3 is 0 Å². The van der Waals surface area contributed by atoms with Crippen LogP contribution in [0.2, 0.25) is 0 Å². The fourth-order valence-corrected chi connectivity index (χ4v) is 2.40. The van der Waals surface area contributed by atoms with Gasteiger partial charge < -0.3 is 5.73 Å². The van der Waals surface area contributed by atoms with Gasteiger partial charge in [0.2, 0.25) is 0 Å². The van der Waals surface area contributed by atoms with Gasteiger partial charge in [0.15, 0.2) is 0 Å². The second kappa shape index (κ2) is 4.58. The predicted octanol–water partition coefficient (Wildman–Crippen LogP) is 2.78. The molecule has 0 bridgehead atoms. The Morgan fingerprint density at radius 1 is 1.06 bits per heavy atom. The molecule has 0 radical (unpaired) electrons. The molecule has 2 N–H and O–H groups in total. The van der Waals surface area contributed by atoms with Gasteiger partial charge in [0, 0.05) is 24.8 Å². The summed E-state index contributed by atoms with van der Waals surface area (Å²) in [5.74, 6) is 0. The fourth-order valence-electron chi connectivity index (χ4n) is 2.40. The number of hydrogen-bond donors (Lipinski definition) is 1. The molecule has 1 aromatic carbocycles. The molecule has 3 heteroatoms. The lowest BCUT2D eigenvalue weighted by atomic mass is 9.94. The lowest BCUT2D eigenvalue weighted by Gasteiger charge is -2.11. The minimum atomic E-state index is 0.476. The zero-order valence-corrected chi connectivity index (χ0v) is 11.8. The van der Waals surface area contributed by atoms with Crippen LogP contribution >= 0.6 is 0 Å². The molecule has 0 unspecified atom stereocenters. The Kier molecular flexibility index (Phi) is 3.26. The summed E-state index contributed by atoms with van der Waals surface area (Å²) >= 11 is 0. The summed E-state index contributed by atoms with van der Waals surface area (Å²) in [7, 11) is 1.97. The summed E-state index contributed by atoms with van der Waals surface area (Å²) in [6.45, 7) is 9.01. The van der Waals surface area contributed by atoms with Gasteiger partial charge in [-0.15, -0.1) is 0 Å². The highest BCUT2D eigenvalue weighted by Crippen LogP contribution is 2.31. The van der Waals surface area contributed by atoms with E-state index in [1.54, 1.807) is 0 Å². The first kappa shape index (κ1) is 12.8.